The minimum Gasteiger partial charge on any atom is -0.383 e. The Morgan fingerprint density at radius 3 is 2.80 bits per heavy atom. The number of halogens is 2. The van der Waals surface area contributed by atoms with Crippen LogP contribution in [0.15, 0.2) is 29.0 Å². The van der Waals surface area contributed by atoms with Crippen molar-refractivity contribution >= 4 is 44.3 Å². The van der Waals surface area contributed by atoms with Crippen molar-refractivity contribution < 1.29 is 0 Å². The van der Waals surface area contributed by atoms with Crippen molar-refractivity contribution in [3.63, 3.8) is 0 Å². The van der Waals surface area contributed by atoms with E-state index in [0.29, 0.717) is 17.3 Å². The summed E-state index contributed by atoms with van der Waals surface area (Å²) < 4.78 is 1.69. The molecule has 0 aliphatic carbocycles. The molecule has 2 heterocycles. The largest absolute Gasteiger partial charge is 0.383 e. The smallest absolute Gasteiger partial charge is 0.181 e. The number of nitrogens with two attached hydrogens (primary N) is 1. The third kappa shape index (κ3) is 2.25. The number of anilines is 1. The van der Waals surface area contributed by atoms with E-state index in [2.05, 4.69) is 53.5 Å². The molecule has 0 saturated heterocycles. The fraction of sp³-hybridized carbons (Fsp3) is 0. The predicted octanol–water partition coefficient (Wildman–Crippen LogP) is 2.49. The Morgan fingerprint density at radius 1 is 1.33 bits per heavy atom. The average Bonchev–Trinajstić information content (AvgIpc) is 2.23. The number of hydrogen-bond donors (Lipinski definition) is 1. The first-order valence-corrected chi connectivity index (χ1v) is 5.94. The molecule has 0 aliphatic heterocycles. The van der Waals surface area contributed by atoms with Gasteiger partial charge < -0.3 is 5.73 Å². The van der Waals surface area contributed by atoms with Crippen LogP contribution in [-0.4, -0.2) is 15.0 Å². The van der Waals surface area contributed by atoms with Gasteiger partial charge in [-0.1, -0.05) is 0 Å². The van der Waals surface area contributed by atoms with E-state index in [1.807, 2.05) is 12.1 Å². The topological polar surface area (TPSA) is 64.7 Å². The van der Waals surface area contributed by atoms with Crippen LogP contribution >= 0.6 is 38.5 Å². The molecule has 15 heavy (non-hydrogen) atoms. The highest BCUT2D eigenvalue weighted by Gasteiger charge is 2.08. The molecular weight excluding hydrogens is 371 g/mol. The lowest BCUT2D eigenvalue weighted by molar-refractivity contribution is 1.13. The number of pyridine rings is 1. The summed E-state index contributed by atoms with van der Waals surface area (Å²) in [5.74, 6) is 0.999. The van der Waals surface area contributed by atoms with Gasteiger partial charge in [0.05, 0.1) is 3.57 Å². The van der Waals surface area contributed by atoms with Crippen molar-refractivity contribution in [1.82, 2.24) is 15.0 Å². The number of nitrogen functional groups attached to an aromatic ring is 1. The third-order valence-electron chi connectivity index (χ3n) is 1.74. The van der Waals surface area contributed by atoms with Crippen LogP contribution < -0.4 is 5.73 Å². The van der Waals surface area contributed by atoms with Crippen LogP contribution in [0.3, 0.4) is 0 Å². The maximum absolute atomic E-state index is 5.71. The summed E-state index contributed by atoms with van der Waals surface area (Å²) in [7, 11) is 0. The quantitative estimate of drug-likeness (QED) is 0.776. The van der Waals surface area contributed by atoms with Gasteiger partial charge in [0.25, 0.3) is 0 Å². The van der Waals surface area contributed by atoms with Crippen LogP contribution in [0.5, 0.6) is 0 Å². The zero-order valence-electron chi connectivity index (χ0n) is 7.48. The van der Waals surface area contributed by atoms with Gasteiger partial charge in [-0.15, -0.1) is 0 Å². The third-order valence-corrected chi connectivity index (χ3v) is 3.21. The van der Waals surface area contributed by atoms with Crippen LogP contribution in [0.4, 0.5) is 5.82 Å². The van der Waals surface area contributed by atoms with Crippen molar-refractivity contribution in [2.24, 2.45) is 0 Å². The lowest BCUT2D eigenvalue weighted by atomic mass is 10.3. The molecule has 0 spiro atoms. The van der Waals surface area contributed by atoms with E-state index in [0.717, 1.165) is 8.04 Å². The van der Waals surface area contributed by atoms with Gasteiger partial charge in [0.1, 0.15) is 11.5 Å². The molecule has 0 saturated carbocycles. The van der Waals surface area contributed by atoms with Crippen molar-refractivity contribution in [3.05, 3.63) is 32.6 Å². The molecule has 0 aromatic carbocycles. The Morgan fingerprint density at radius 2 is 2.13 bits per heavy atom. The van der Waals surface area contributed by atoms with Gasteiger partial charge in [0.15, 0.2) is 5.82 Å². The van der Waals surface area contributed by atoms with Crippen molar-refractivity contribution in [2.75, 3.05) is 5.73 Å². The zero-order chi connectivity index (χ0) is 10.8. The Hall–Kier alpha value is -0.760. The predicted molar refractivity (Wildman–Crippen MR) is 70.1 cm³/mol. The number of aromatic nitrogens is 3. The maximum Gasteiger partial charge on any atom is 0.181 e. The van der Waals surface area contributed by atoms with Crippen molar-refractivity contribution in [2.45, 2.75) is 0 Å². The summed E-state index contributed by atoms with van der Waals surface area (Å²) in [6.45, 7) is 0. The van der Waals surface area contributed by atoms with Gasteiger partial charge in [-0.05, 0) is 50.7 Å². The summed E-state index contributed by atoms with van der Waals surface area (Å²) in [4.78, 5) is 12.5. The highest BCUT2D eigenvalue weighted by atomic mass is 127. The second kappa shape index (κ2) is 4.40. The maximum atomic E-state index is 5.71. The SMILES string of the molecule is Nc1nc(-c2ncccc2Br)ncc1I. The normalized spacial score (nSPS) is 10.3. The summed E-state index contributed by atoms with van der Waals surface area (Å²) in [6.07, 6.45) is 3.37. The molecule has 2 N–H and O–H groups in total. The molecule has 0 unspecified atom stereocenters. The Balaban J connectivity index is 2.55. The van der Waals surface area contributed by atoms with E-state index in [9.17, 15) is 0 Å². The van der Waals surface area contributed by atoms with Gasteiger partial charge in [-0.25, -0.2) is 9.97 Å². The highest BCUT2D eigenvalue weighted by molar-refractivity contribution is 14.1. The molecule has 0 aliphatic rings. The van der Waals surface area contributed by atoms with Gasteiger partial charge in [-0.2, -0.15) is 0 Å². The molecule has 4 nitrogen and oxygen atoms in total. The lowest BCUT2D eigenvalue weighted by Gasteiger charge is -2.03. The molecule has 2 aromatic rings. The standard InChI is InChI=1S/C9H6BrIN4/c10-5-2-1-3-13-7(5)9-14-4-6(11)8(12)15-9/h1-4H,(H2,12,14,15). The Labute approximate surface area is 109 Å². The van der Waals surface area contributed by atoms with E-state index in [1.165, 1.54) is 0 Å². The van der Waals surface area contributed by atoms with Gasteiger partial charge in [0, 0.05) is 16.9 Å². The first-order valence-electron chi connectivity index (χ1n) is 4.07. The average molecular weight is 377 g/mol. The minimum absolute atomic E-state index is 0.471. The van der Waals surface area contributed by atoms with E-state index < -0.39 is 0 Å². The summed E-state index contributed by atoms with van der Waals surface area (Å²) in [5, 5.41) is 0. The number of rotatable bonds is 1. The molecule has 2 aromatic heterocycles. The molecule has 2 rings (SSSR count). The molecule has 0 radical (unpaired) electrons. The van der Waals surface area contributed by atoms with Gasteiger partial charge in [-0.3, -0.25) is 4.98 Å². The van der Waals surface area contributed by atoms with Crippen LogP contribution in [0.1, 0.15) is 0 Å². The second-order valence-electron chi connectivity index (χ2n) is 2.76. The summed E-state index contributed by atoms with van der Waals surface area (Å²) >= 11 is 5.48. The Kier molecular flexibility index (Phi) is 3.15. The molecule has 0 amide bonds. The summed E-state index contributed by atoms with van der Waals surface area (Å²) in [5.41, 5.74) is 6.40. The van der Waals surface area contributed by atoms with Crippen LogP contribution in [-0.2, 0) is 0 Å². The fourth-order valence-electron chi connectivity index (χ4n) is 1.04. The van der Waals surface area contributed by atoms with E-state index in [1.54, 1.807) is 12.4 Å². The van der Waals surface area contributed by atoms with Gasteiger partial charge in [0.2, 0.25) is 0 Å². The van der Waals surface area contributed by atoms with E-state index in [-0.39, 0.29) is 0 Å². The molecule has 0 fully saturated rings. The lowest BCUT2D eigenvalue weighted by Crippen LogP contribution is -1.99. The first-order chi connectivity index (χ1) is 7.18. The van der Waals surface area contributed by atoms with Crippen LogP contribution in [0, 0.1) is 3.57 Å². The molecular formula is C9H6BrIN4. The van der Waals surface area contributed by atoms with Crippen molar-refractivity contribution in [3.8, 4) is 11.5 Å². The van der Waals surface area contributed by atoms with Gasteiger partial charge >= 0.3 is 0 Å². The van der Waals surface area contributed by atoms with Crippen LogP contribution in [0.2, 0.25) is 0 Å². The Bertz CT molecular complexity index is 503. The first kappa shape index (κ1) is 10.7. The highest BCUT2D eigenvalue weighted by Crippen LogP contribution is 2.23. The fourth-order valence-corrected chi connectivity index (χ4v) is 1.74. The second-order valence-corrected chi connectivity index (χ2v) is 4.78. The van der Waals surface area contributed by atoms with Crippen molar-refractivity contribution in [1.29, 1.82) is 0 Å². The number of nitrogens with zero attached hydrogens (tertiary/aromatic N) is 3. The summed E-state index contributed by atoms with van der Waals surface area (Å²) in [6, 6.07) is 3.73. The van der Waals surface area contributed by atoms with E-state index in [4.69, 9.17) is 5.73 Å². The monoisotopic (exact) mass is 376 g/mol. The minimum atomic E-state index is 0.471. The number of hydrogen-bond acceptors (Lipinski definition) is 4. The van der Waals surface area contributed by atoms with Crippen LogP contribution in [0.25, 0.3) is 11.5 Å². The molecule has 6 heteroatoms. The van der Waals surface area contributed by atoms with E-state index >= 15 is 0 Å². The zero-order valence-corrected chi connectivity index (χ0v) is 11.2. The molecule has 0 atom stereocenters. The molecule has 76 valence electrons. The molecule has 0 bridgehead atoms.